The van der Waals surface area contributed by atoms with Gasteiger partial charge in [0.2, 0.25) is 11.8 Å². The van der Waals surface area contributed by atoms with Gasteiger partial charge in [0, 0.05) is 22.7 Å². The van der Waals surface area contributed by atoms with Gasteiger partial charge in [-0.2, -0.15) is 0 Å². The highest BCUT2D eigenvalue weighted by atomic mass is 35.5. The molecule has 2 aromatic rings. The van der Waals surface area contributed by atoms with Crippen molar-refractivity contribution < 1.29 is 18.7 Å². The molecule has 2 atom stereocenters. The Morgan fingerprint density at radius 3 is 2.81 bits per heavy atom. The predicted octanol–water partition coefficient (Wildman–Crippen LogP) is 3.33. The van der Waals surface area contributed by atoms with Gasteiger partial charge in [0.05, 0.1) is 13.2 Å². The number of carbonyl (C=O) groups excluding carboxylic acids is 2. The molecule has 5 nitrogen and oxygen atoms in total. The Morgan fingerprint density at radius 1 is 1.23 bits per heavy atom. The van der Waals surface area contributed by atoms with E-state index in [2.05, 4.69) is 10.6 Å². The second-order valence-electron chi connectivity index (χ2n) is 6.50. The van der Waals surface area contributed by atoms with Crippen LogP contribution in [0.5, 0.6) is 5.75 Å². The second-order valence-corrected chi connectivity index (χ2v) is 6.94. The summed E-state index contributed by atoms with van der Waals surface area (Å²) < 4.78 is 19.3. The van der Waals surface area contributed by atoms with Crippen molar-refractivity contribution >= 4 is 29.1 Å². The fraction of sp³-hybridized carbons (Fsp3) is 0.263. The molecule has 2 heterocycles. The smallest absolute Gasteiger partial charge is 0.237 e. The Balaban J connectivity index is 1.94. The summed E-state index contributed by atoms with van der Waals surface area (Å²) in [5.74, 6) is -0.494. The van der Waals surface area contributed by atoms with E-state index in [0.29, 0.717) is 28.4 Å². The zero-order chi connectivity index (χ0) is 18.5. The van der Waals surface area contributed by atoms with Crippen LogP contribution < -0.4 is 15.4 Å². The number of hydrogen-bond donors (Lipinski definition) is 2. The van der Waals surface area contributed by atoms with E-state index in [0.717, 1.165) is 5.56 Å². The number of anilines is 1. The third-order valence-corrected chi connectivity index (χ3v) is 5.40. The van der Waals surface area contributed by atoms with Crippen molar-refractivity contribution in [2.75, 3.05) is 12.4 Å². The summed E-state index contributed by atoms with van der Waals surface area (Å²) >= 11 is 6.05. The third kappa shape index (κ3) is 2.36. The fourth-order valence-electron chi connectivity index (χ4n) is 3.99. The predicted molar refractivity (Wildman–Crippen MR) is 94.8 cm³/mol. The molecule has 2 aliphatic heterocycles. The van der Waals surface area contributed by atoms with E-state index in [1.807, 2.05) is 0 Å². The first-order valence-electron chi connectivity index (χ1n) is 8.20. The Labute approximate surface area is 154 Å². The lowest BCUT2D eigenvalue weighted by Crippen LogP contribution is -2.52. The maximum absolute atomic E-state index is 14.0. The summed E-state index contributed by atoms with van der Waals surface area (Å²) in [4.78, 5) is 25.2. The van der Waals surface area contributed by atoms with Crippen molar-refractivity contribution in [1.82, 2.24) is 5.32 Å². The van der Waals surface area contributed by atoms with Crippen molar-refractivity contribution in [3.05, 3.63) is 58.4 Å². The van der Waals surface area contributed by atoms with Gasteiger partial charge < -0.3 is 15.4 Å². The van der Waals surface area contributed by atoms with Gasteiger partial charge in [-0.3, -0.25) is 9.59 Å². The zero-order valence-electron chi connectivity index (χ0n) is 13.9. The van der Waals surface area contributed by atoms with E-state index < -0.39 is 17.3 Å². The van der Waals surface area contributed by atoms with Crippen LogP contribution in [0.1, 0.15) is 30.0 Å². The minimum Gasteiger partial charge on any atom is -0.496 e. The van der Waals surface area contributed by atoms with Gasteiger partial charge >= 0.3 is 0 Å². The number of nitrogens with one attached hydrogen (secondary N) is 2. The van der Waals surface area contributed by atoms with E-state index >= 15 is 0 Å². The summed E-state index contributed by atoms with van der Waals surface area (Å²) in [6, 6.07) is 8.50. The normalized spacial score (nSPS) is 24.2. The zero-order valence-corrected chi connectivity index (χ0v) is 14.7. The Hall–Kier alpha value is -2.60. The van der Waals surface area contributed by atoms with Crippen LogP contribution >= 0.6 is 11.6 Å². The number of methoxy groups -OCH3 is 1. The molecular formula is C19H16ClFN2O3. The summed E-state index contributed by atoms with van der Waals surface area (Å²) in [5, 5.41) is 6.23. The van der Waals surface area contributed by atoms with Crippen LogP contribution in [0.15, 0.2) is 36.4 Å². The van der Waals surface area contributed by atoms with Gasteiger partial charge in [-0.15, -0.1) is 0 Å². The molecule has 4 rings (SSSR count). The Morgan fingerprint density at radius 2 is 2.04 bits per heavy atom. The molecule has 134 valence electrons. The number of carbonyl (C=O) groups is 2. The Bertz CT molecular complexity index is 933. The molecule has 0 aromatic heterocycles. The van der Waals surface area contributed by atoms with Crippen molar-refractivity contribution in [3.63, 3.8) is 0 Å². The highest BCUT2D eigenvalue weighted by Crippen LogP contribution is 2.52. The number of amides is 2. The molecule has 0 unspecified atom stereocenters. The topological polar surface area (TPSA) is 67.4 Å². The average Bonchev–Trinajstić information content (AvgIpc) is 2.88. The van der Waals surface area contributed by atoms with E-state index in [4.69, 9.17) is 16.3 Å². The number of benzene rings is 2. The molecule has 2 amide bonds. The average molecular weight is 375 g/mol. The molecule has 26 heavy (non-hydrogen) atoms. The number of hydrogen-bond acceptors (Lipinski definition) is 3. The molecular weight excluding hydrogens is 359 g/mol. The van der Waals surface area contributed by atoms with Gasteiger partial charge in [0.15, 0.2) is 0 Å². The van der Waals surface area contributed by atoms with Crippen molar-refractivity contribution in [2.45, 2.75) is 24.3 Å². The van der Waals surface area contributed by atoms with Crippen LogP contribution in [-0.2, 0) is 15.0 Å². The van der Waals surface area contributed by atoms with Crippen LogP contribution in [0.4, 0.5) is 10.1 Å². The van der Waals surface area contributed by atoms with Crippen molar-refractivity contribution in [3.8, 4) is 5.75 Å². The number of halogens is 2. The van der Waals surface area contributed by atoms with Crippen LogP contribution in [0.25, 0.3) is 0 Å². The maximum atomic E-state index is 14.0. The third-order valence-electron chi connectivity index (χ3n) is 5.16. The number of ether oxygens (including phenoxy) is 1. The van der Waals surface area contributed by atoms with E-state index in [1.54, 1.807) is 18.2 Å². The first kappa shape index (κ1) is 16.8. The lowest BCUT2D eigenvalue weighted by Gasteiger charge is -2.40. The summed E-state index contributed by atoms with van der Waals surface area (Å²) in [6.45, 7) is 0. The van der Waals surface area contributed by atoms with E-state index in [1.165, 1.54) is 25.3 Å². The summed E-state index contributed by atoms with van der Waals surface area (Å²) in [6.07, 6.45) is 0.507. The molecule has 1 saturated heterocycles. The quantitative estimate of drug-likeness (QED) is 0.847. The highest BCUT2D eigenvalue weighted by molar-refractivity contribution is 6.31. The molecule has 0 bridgehead atoms. The standard InChI is InChI=1S/C19H16ClFN2O3/c1-26-15-5-3-11(21)9-12(15)17-19(7-6-16(24)23-17)13-4-2-10(20)8-14(13)22-18(19)25/h2-5,8-9,17H,6-7H2,1H3,(H,22,25)(H,23,24)/t17-,19-/m1/s1. The van der Waals surface area contributed by atoms with Gasteiger partial charge in [0.1, 0.15) is 17.0 Å². The summed E-state index contributed by atoms with van der Waals surface area (Å²) in [7, 11) is 1.47. The van der Waals surface area contributed by atoms with Crippen LogP contribution in [0.2, 0.25) is 5.02 Å². The van der Waals surface area contributed by atoms with Crippen LogP contribution in [0, 0.1) is 5.82 Å². The fourth-order valence-corrected chi connectivity index (χ4v) is 4.16. The largest absolute Gasteiger partial charge is 0.496 e. The monoisotopic (exact) mass is 374 g/mol. The van der Waals surface area contributed by atoms with Crippen LogP contribution in [0.3, 0.4) is 0 Å². The van der Waals surface area contributed by atoms with Gasteiger partial charge in [-0.1, -0.05) is 17.7 Å². The second kappa shape index (κ2) is 5.99. The minimum atomic E-state index is -1.05. The molecule has 2 N–H and O–H groups in total. The van der Waals surface area contributed by atoms with Gasteiger partial charge in [0.25, 0.3) is 0 Å². The molecule has 7 heteroatoms. The van der Waals surface area contributed by atoms with E-state index in [9.17, 15) is 14.0 Å². The van der Waals surface area contributed by atoms with Crippen molar-refractivity contribution in [1.29, 1.82) is 0 Å². The lowest BCUT2D eigenvalue weighted by atomic mass is 9.67. The number of fused-ring (bicyclic) bond motifs is 2. The minimum absolute atomic E-state index is 0.192. The van der Waals surface area contributed by atoms with E-state index in [-0.39, 0.29) is 18.2 Å². The lowest BCUT2D eigenvalue weighted by molar-refractivity contribution is -0.130. The molecule has 0 aliphatic carbocycles. The first-order valence-corrected chi connectivity index (χ1v) is 8.58. The number of piperidine rings is 1. The van der Waals surface area contributed by atoms with Crippen LogP contribution in [-0.4, -0.2) is 18.9 Å². The SMILES string of the molecule is COc1ccc(F)cc1[C@H]1NC(=O)CC[C@]12C(=O)Nc1cc(Cl)ccc12. The molecule has 1 fully saturated rings. The molecule has 0 saturated carbocycles. The highest BCUT2D eigenvalue weighted by Gasteiger charge is 2.56. The Kier molecular flexibility index (Phi) is 3.88. The van der Waals surface area contributed by atoms with Crippen molar-refractivity contribution in [2.24, 2.45) is 0 Å². The van der Waals surface area contributed by atoms with Gasteiger partial charge in [-0.05, 0) is 42.3 Å². The number of rotatable bonds is 2. The first-order chi connectivity index (χ1) is 12.5. The molecule has 2 aliphatic rings. The molecule has 0 radical (unpaired) electrons. The summed E-state index contributed by atoms with van der Waals surface area (Å²) in [5.41, 5.74) is 0.732. The van der Waals surface area contributed by atoms with Gasteiger partial charge in [-0.25, -0.2) is 4.39 Å². The molecule has 2 aromatic carbocycles. The molecule has 1 spiro atoms. The maximum Gasteiger partial charge on any atom is 0.237 e.